The molecular weight excluding hydrogens is 374 g/mol. The number of para-hydroxylation sites is 1. The fourth-order valence-electron chi connectivity index (χ4n) is 2.97. The smallest absolute Gasteiger partial charge is 0.193 e. The summed E-state index contributed by atoms with van der Waals surface area (Å²) in [6.07, 6.45) is 2.20. The van der Waals surface area contributed by atoms with E-state index in [0.717, 1.165) is 22.7 Å². The predicted molar refractivity (Wildman–Crippen MR) is 116 cm³/mol. The van der Waals surface area contributed by atoms with E-state index >= 15 is 0 Å². The van der Waals surface area contributed by atoms with Crippen LogP contribution in [0.5, 0.6) is 5.75 Å². The number of nitrogens with zero attached hydrogens (tertiary/aromatic N) is 1. The summed E-state index contributed by atoms with van der Waals surface area (Å²) < 4.78 is 5.28. The van der Waals surface area contributed by atoms with Crippen molar-refractivity contribution in [2.75, 3.05) is 12.4 Å². The summed E-state index contributed by atoms with van der Waals surface area (Å²) in [6.45, 7) is 0. The molecule has 0 saturated carbocycles. The number of thiocarbonyl (C=S) groups is 1. The van der Waals surface area contributed by atoms with Crippen LogP contribution in [0.3, 0.4) is 0 Å². The van der Waals surface area contributed by atoms with E-state index < -0.39 is 0 Å². The molecule has 1 aromatic heterocycles. The number of nitrogens with one attached hydrogen (secondary N) is 2. The van der Waals surface area contributed by atoms with Crippen molar-refractivity contribution in [1.82, 2.24) is 10.4 Å². The zero-order valence-corrected chi connectivity index (χ0v) is 16.4. The van der Waals surface area contributed by atoms with Crippen molar-refractivity contribution in [3.63, 3.8) is 0 Å². The molecule has 0 aliphatic carbocycles. The first kappa shape index (κ1) is 17.6. The average molecular weight is 394 g/mol. The van der Waals surface area contributed by atoms with E-state index in [4.69, 9.17) is 17.0 Å². The van der Waals surface area contributed by atoms with Crippen LogP contribution in [-0.4, -0.2) is 17.2 Å². The molecule has 0 spiro atoms. The number of hydrazine groups is 1. The first-order valence-electron chi connectivity index (χ1n) is 8.56. The molecule has 2 heterocycles. The number of rotatable bonds is 4. The molecule has 1 atom stereocenters. The van der Waals surface area contributed by atoms with Gasteiger partial charge < -0.3 is 10.1 Å². The van der Waals surface area contributed by atoms with Crippen molar-refractivity contribution in [2.24, 2.45) is 0 Å². The van der Waals surface area contributed by atoms with Gasteiger partial charge in [0.15, 0.2) is 5.11 Å². The third kappa shape index (κ3) is 3.82. The highest BCUT2D eigenvalue weighted by atomic mass is 32.1. The van der Waals surface area contributed by atoms with Crippen LogP contribution in [0, 0.1) is 0 Å². The Morgan fingerprint density at radius 1 is 1.07 bits per heavy atom. The maximum Gasteiger partial charge on any atom is 0.193 e. The molecule has 1 aliphatic heterocycles. The van der Waals surface area contributed by atoms with Gasteiger partial charge >= 0.3 is 0 Å². The van der Waals surface area contributed by atoms with Crippen LogP contribution in [0.2, 0.25) is 0 Å². The summed E-state index contributed by atoms with van der Waals surface area (Å²) >= 11 is 7.40. The molecule has 6 heteroatoms. The summed E-state index contributed by atoms with van der Waals surface area (Å²) in [6, 6.07) is 22.2. The Labute approximate surface area is 168 Å². The topological polar surface area (TPSA) is 36.5 Å². The number of ether oxygens (including phenoxy) is 1. The fraction of sp³-hybridized carbons (Fsp3) is 0.0952. The second-order valence-corrected chi connectivity index (χ2v) is 7.39. The Kier molecular flexibility index (Phi) is 5.09. The van der Waals surface area contributed by atoms with Gasteiger partial charge in [0.25, 0.3) is 0 Å². The van der Waals surface area contributed by atoms with Crippen molar-refractivity contribution in [2.45, 2.75) is 6.04 Å². The van der Waals surface area contributed by atoms with Crippen molar-refractivity contribution in [3.05, 3.63) is 88.6 Å². The predicted octanol–water partition coefficient (Wildman–Crippen LogP) is 5.06. The Balaban J connectivity index is 1.62. The molecule has 2 aromatic carbocycles. The summed E-state index contributed by atoms with van der Waals surface area (Å²) in [7, 11) is 1.67. The first-order chi connectivity index (χ1) is 13.2. The largest absolute Gasteiger partial charge is 0.497 e. The Hall–Kier alpha value is -2.83. The number of anilines is 1. The molecule has 0 bridgehead atoms. The molecule has 2 N–H and O–H groups in total. The molecule has 0 unspecified atom stereocenters. The zero-order chi connectivity index (χ0) is 18.6. The molecule has 1 aliphatic rings. The highest BCUT2D eigenvalue weighted by Gasteiger charge is 2.29. The Bertz CT molecular complexity index is 937. The summed E-state index contributed by atoms with van der Waals surface area (Å²) in [5, 5.41) is 7.99. The van der Waals surface area contributed by atoms with E-state index in [1.807, 2.05) is 53.5 Å². The normalized spacial score (nSPS) is 15.8. The summed E-state index contributed by atoms with van der Waals surface area (Å²) in [4.78, 5) is 1.18. The monoisotopic (exact) mass is 393 g/mol. The van der Waals surface area contributed by atoms with E-state index in [2.05, 4.69) is 40.4 Å². The molecule has 0 radical (unpaired) electrons. The van der Waals surface area contributed by atoms with E-state index in [1.165, 1.54) is 4.88 Å². The van der Waals surface area contributed by atoms with Crippen LogP contribution in [0.25, 0.3) is 5.70 Å². The van der Waals surface area contributed by atoms with Crippen molar-refractivity contribution in [1.29, 1.82) is 0 Å². The van der Waals surface area contributed by atoms with Gasteiger partial charge in [-0.05, 0) is 59.6 Å². The van der Waals surface area contributed by atoms with Gasteiger partial charge in [0.1, 0.15) is 5.75 Å². The second-order valence-electron chi connectivity index (χ2n) is 6.05. The van der Waals surface area contributed by atoms with Gasteiger partial charge in [0.2, 0.25) is 0 Å². The van der Waals surface area contributed by atoms with Gasteiger partial charge in [0.05, 0.1) is 23.7 Å². The molecule has 136 valence electrons. The minimum atomic E-state index is -0.0169. The number of methoxy groups -OCH3 is 1. The SMILES string of the molecule is COc1ccc([C@@H]2C=C(c3cccs3)NN2C(=S)Nc2ccccc2)cc1. The van der Waals surface area contributed by atoms with E-state index in [1.54, 1.807) is 18.4 Å². The molecular formula is C21H19N3OS2. The minimum Gasteiger partial charge on any atom is -0.497 e. The summed E-state index contributed by atoms with van der Waals surface area (Å²) in [5.74, 6) is 0.837. The molecule has 4 nitrogen and oxygen atoms in total. The average Bonchev–Trinajstić information content (AvgIpc) is 3.39. The van der Waals surface area contributed by atoms with Gasteiger partial charge in [-0.15, -0.1) is 11.3 Å². The van der Waals surface area contributed by atoms with Gasteiger partial charge in [-0.3, -0.25) is 10.4 Å². The maximum atomic E-state index is 5.70. The van der Waals surface area contributed by atoms with Crippen LogP contribution in [0.15, 0.2) is 78.2 Å². The fourth-order valence-corrected chi connectivity index (χ4v) is 3.95. The quantitative estimate of drug-likeness (QED) is 0.606. The first-order valence-corrected chi connectivity index (χ1v) is 9.85. The Morgan fingerprint density at radius 3 is 2.52 bits per heavy atom. The van der Waals surface area contributed by atoms with Gasteiger partial charge in [-0.1, -0.05) is 36.4 Å². The lowest BCUT2D eigenvalue weighted by Crippen LogP contribution is -2.42. The number of hydrogen-bond donors (Lipinski definition) is 2. The number of hydrogen-bond acceptors (Lipinski definition) is 4. The number of thiophene rings is 1. The Morgan fingerprint density at radius 2 is 1.85 bits per heavy atom. The molecule has 0 amide bonds. The molecule has 0 saturated heterocycles. The van der Waals surface area contributed by atoms with Crippen molar-refractivity contribution in [3.8, 4) is 5.75 Å². The highest BCUT2D eigenvalue weighted by molar-refractivity contribution is 7.80. The van der Waals surface area contributed by atoms with E-state index in [0.29, 0.717) is 5.11 Å². The molecule has 3 aromatic rings. The minimum absolute atomic E-state index is 0.0169. The second kappa shape index (κ2) is 7.82. The van der Waals surface area contributed by atoms with E-state index in [-0.39, 0.29) is 6.04 Å². The van der Waals surface area contributed by atoms with Crippen LogP contribution < -0.4 is 15.5 Å². The third-order valence-corrected chi connectivity index (χ3v) is 5.53. The maximum absolute atomic E-state index is 5.70. The number of benzene rings is 2. The lowest BCUT2D eigenvalue weighted by Gasteiger charge is -2.28. The van der Waals surface area contributed by atoms with Crippen LogP contribution in [0.1, 0.15) is 16.5 Å². The lowest BCUT2D eigenvalue weighted by molar-refractivity contribution is 0.348. The highest BCUT2D eigenvalue weighted by Crippen LogP contribution is 2.33. The molecule has 4 rings (SSSR count). The van der Waals surface area contributed by atoms with Crippen molar-refractivity contribution < 1.29 is 4.74 Å². The standard InChI is InChI=1S/C21H19N3OS2/c1-25-17-11-9-15(10-12-17)19-14-18(20-8-5-13-27-20)23-24(19)21(26)22-16-6-3-2-4-7-16/h2-14,19,23H,1H3,(H,22,26)/t19-/m0/s1. The zero-order valence-electron chi connectivity index (χ0n) is 14.8. The van der Waals surface area contributed by atoms with Crippen molar-refractivity contribution >= 4 is 40.1 Å². The van der Waals surface area contributed by atoms with Gasteiger partial charge in [-0.25, -0.2) is 0 Å². The van der Waals surface area contributed by atoms with Crippen LogP contribution in [0.4, 0.5) is 5.69 Å². The summed E-state index contributed by atoms with van der Waals surface area (Å²) in [5.41, 5.74) is 6.61. The third-order valence-electron chi connectivity index (χ3n) is 4.33. The molecule has 27 heavy (non-hydrogen) atoms. The molecule has 0 fully saturated rings. The van der Waals surface area contributed by atoms with Crippen LogP contribution in [-0.2, 0) is 0 Å². The lowest BCUT2D eigenvalue weighted by atomic mass is 10.1. The van der Waals surface area contributed by atoms with E-state index in [9.17, 15) is 0 Å². The van der Waals surface area contributed by atoms with Gasteiger partial charge in [0, 0.05) is 5.69 Å². The van der Waals surface area contributed by atoms with Crippen LogP contribution >= 0.6 is 23.6 Å². The van der Waals surface area contributed by atoms with Gasteiger partial charge in [-0.2, -0.15) is 0 Å².